The zero-order chi connectivity index (χ0) is 21.5. The Hall–Kier alpha value is -3.62. The van der Waals surface area contributed by atoms with E-state index in [0.717, 1.165) is 41.0 Å². The summed E-state index contributed by atoms with van der Waals surface area (Å²) in [5.41, 5.74) is 9.30. The number of H-pyrrole nitrogens is 1. The van der Waals surface area contributed by atoms with Gasteiger partial charge in [-0.15, -0.1) is 0 Å². The van der Waals surface area contributed by atoms with E-state index >= 15 is 0 Å². The van der Waals surface area contributed by atoms with Gasteiger partial charge in [0, 0.05) is 11.3 Å². The van der Waals surface area contributed by atoms with Crippen LogP contribution in [0.15, 0.2) is 30.6 Å². The lowest BCUT2D eigenvalue weighted by Crippen LogP contribution is -2.21. The van der Waals surface area contributed by atoms with Gasteiger partial charge in [-0.2, -0.15) is 5.10 Å². The summed E-state index contributed by atoms with van der Waals surface area (Å²) >= 11 is 0. The molecular formula is C22H24N6O3. The summed E-state index contributed by atoms with van der Waals surface area (Å²) in [5, 5.41) is 14.8. The van der Waals surface area contributed by atoms with Crippen LogP contribution in [0.4, 0.5) is 5.82 Å². The van der Waals surface area contributed by atoms with Crippen LogP contribution in [0.3, 0.4) is 0 Å². The summed E-state index contributed by atoms with van der Waals surface area (Å²) < 4.78 is 7.52. The Bertz CT molecular complexity index is 1270. The first kappa shape index (κ1) is 19.3. The smallest absolute Gasteiger partial charge is 0.306 e. The van der Waals surface area contributed by atoms with Crippen LogP contribution in [0.5, 0.6) is 5.75 Å². The molecule has 3 aromatic heterocycles. The zero-order valence-corrected chi connectivity index (χ0v) is 17.2. The number of aromatic amines is 1. The quantitative estimate of drug-likeness (QED) is 0.449. The predicted octanol–water partition coefficient (Wildman–Crippen LogP) is 3.61. The number of fused-ring (bicyclic) bond motifs is 2. The molecule has 1 aliphatic rings. The van der Waals surface area contributed by atoms with Gasteiger partial charge in [-0.1, -0.05) is 12.1 Å². The minimum atomic E-state index is -0.720. The van der Waals surface area contributed by atoms with E-state index in [1.807, 2.05) is 31.2 Å². The lowest BCUT2D eigenvalue weighted by atomic mass is 9.82. The van der Waals surface area contributed by atoms with Gasteiger partial charge < -0.3 is 20.6 Å². The van der Waals surface area contributed by atoms with E-state index in [1.165, 1.54) is 6.33 Å². The zero-order valence-electron chi connectivity index (χ0n) is 17.2. The van der Waals surface area contributed by atoms with Gasteiger partial charge in [0.15, 0.2) is 5.82 Å². The standard InChI is InChI=1S/C22H24N6O3/c1-2-31-16-5-3-4-14-10-15(26-17(14)16)18-19-20(23)24-11-25-28(19)21(27-18)12-6-8-13(9-7-12)22(29)30/h3-5,10-13,26H,2,6-9H2,1H3,(H,29,30)(H2,23,24,25)/t12-,13-. The fourth-order valence-electron chi connectivity index (χ4n) is 4.56. The molecule has 5 rings (SSSR count). The number of carboxylic acid groups (broad SMARTS) is 1. The molecule has 9 heteroatoms. The molecule has 0 unspecified atom stereocenters. The lowest BCUT2D eigenvalue weighted by Gasteiger charge is -2.24. The van der Waals surface area contributed by atoms with Crippen LogP contribution in [-0.2, 0) is 4.79 Å². The van der Waals surface area contributed by atoms with Gasteiger partial charge in [-0.25, -0.2) is 14.5 Å². The molecule has 0 aliphatic heterocycles. The Morgan fingerprint density at radius 1 is 1.32 bits per heavy atom. The van der Waals surface area contributed by atoms with Crippen molar-refractivity contribution in [2.24, 2.45) is 5.92 Å². The highest BCUT2D eigenvalue weighted by Gasteiger charge is 2.31. The van der Waals surface area contributed by atoms with Gasteiger partial charge in [0.05, 0.1) is 23.7 Å². The lowest BCUT2D eigenvalue weighted by molar-refractivity contribution is -0.142. The first-order valence-electron chi connectivity index (χ1n) is 10.5. The van der Waals surface area contributed by atoms with E-state index < -0.39 is 5.97 Å². The normalized spacial score (nSPS) is 19.1. The maximum absolute atomic E-state index is 11.3. The van der Waals surface area contributed by atoms with E-state index in [-0.39, 0.29) is 11.8 Å². The third-order valence-electron chi connectivity index (χ3n) is 6.10. The highest BCUT2D eigenvalue weighted by molar-refractivity contribution is 5.93. The molecule has 4 N–H and O–H groups in total. The molecule has 0 bridgehead atoms. The molecule has 1 fully saturated rings. The number of carboxylic acids is 1. The van der Waals surface area contributed by atoms with Crippen LogP contribution >= 0.6 is 0 Å². The summed E-state index contributed by atoms with van der Waals surface area (Å²) in [7, 11) is 0. The highest BCUT2D eigenvalue weighted by Crippen LogP contribution is 2.39. The Labute approximate surface area is 178 Å². The minimum absolute atomic E-state index is 0.120. The van der Waals surface area contributed by atoms with Gasteiger partial charge >= 0.3 is 5.97 Å². The second kappa shape index (κ2) is 7.57. The van der Waals surface area contributed by atoms with E-state index in [9.17, 15) is 9.90 Å². The van der Waals surface area contributed by atoms with Gasteiger partial charge in [0.2, 0.25) is 0 Å². The monoisotopic (exact) mass is 420 g/mol. The Balaban J connectivity index is 1.61. The van der Waals surface area contributed by atoms with Gasteiger partial charge in [0.1, 0.15) is 29.1 Å². The molecule has 0 atom stereocenters. The van der Waals surface area contributed by atoms with Crippen LogP contribution in [0.25, 0.3) is 27.8 Å². The van der Waals surface area contributed by atoms with Crippen LogP contribution in [0.2, 0.25) is 0 Å². The number of nitrogens with one attached hydrogen (secondary N) is 1. The number of hydrogen-bond donors (Lipinski definition) is 3. The third-order valence-corrected chi connectivity index (χ3v) is 6.10. The van der Waals surface area contributed by atoms with E-state index in [2.05, 4.69) is 15.1 Å². The maximum atomic E-state index is 11.3. The molecule has 31 heavy (non-hydrogen) atoms. The van der Waals surface area contributed by atoms with E-state index in [1.54, 1.807) is 4.52 Å². The molecular weight excluding hydrogens is 396 g/mol. The fraction of sp³-hybridized carbons (Fsp3) is 0.364. The van der Waals surface area contributed by atoms with Gasteiger partial charge in [-0.3, -0.25) is 4.79 Å². The Kier molecular flexibility index (Phi) is 4.72. The third kappa shape index (κ3) is 3.26. The number of nitrogens with zero attached hydrogens (tertiary/aromatic N) is 4. The fourth-order valence-corrected chi connectivity index (χ4v) is 4.56. The number of hydrogen-bond acceptors (Lipinski definition) is 6. The second-order valence-electron chi connectivity index (χ2n) is 7.95. The topological polar surface area (TPSA) is 131 Å². The van der Waals surface area contributed by atoms with E-state index in [0.29, 0.717) is 36.5 Å². The van der Waals surface area contributed by atoms with Crippen molar-refractivity contribution in [2.75, 3.05) is 12.3 Å². The number of aliphatic carboxylic acids is 1. The van der Waals surface area contributed by atoms with Crippen molar-refractivity contribution in [2.45, 2.75) is 38.5 Å². The molecule has 3 heterocycles. The average Bonchev–Trinajstić information content (AvgIpc) is 3.37. The van der Waals surface area contributed by atoms with E-state index in [4.69, 9.17) is 15.5 Å². The molecule has 1 aliphatic carbocycles. The Morgan fingerprint density at radius 2 is 2.13 bits per heavy atom. The molecule has 1 aromatic carbocycles. The predicted molar refractivity (Wildman–Crippen MR) is 116 cm³/mol. The Morgan fingerprint density at radius 3 is 2.87 bits per heavy atom. The van der Waals surface area contributed by atoms with Crippen molar-refractivity contribution in [3.8, 4) is 17.1 Å². The summed E-state index contributed by atoms with van der Waals surface area (Å²) in [5.74, 6) is 1.05. The summed E-state index contributed by atoms with van der Waals surface area (Å²) in [6.45, 7) is 2.53. The first-order chi connectivity index (χ1) is 15.1. The number of rotatable bonds is 5. The molecule has 0 amide bonds. The summed E-state index contributed by atoms with van der Waals surface area (Å²) in [6, 6.07) is 7.93. The van der Waals surface area contributed by atoms with Crippen molar-refractivity contribution in [3.05, 3.63) is 36.4 Å². The number of nitrogen functional groups attached to an aromatic ring is 1. The number of para-hydroxylation sites is 1. The second-order valence-corrected chi connectivity index (χ2v) is 7.95. The molecule has 0 spiro atoms. The van der Waals surface area contributed by atoms with Gasteiger partial charge in [0.25, 0.3) is 0 Å². The number of nitrogens with two attached hydrogens (primary N) is 1. The number of aromatic nitrogens is 5. The molecule has 0 saturated heterocycles. The van der Waals surface area contributed by atoms with Crippen molar-refractivity contribution >= 4 is 28.2 Å². The van der Waals surface area contributed by atoms with Crippen molar-refractivity contribution in [1.82, 2.24) is 24.6 Å². The van der Waals surface area contributed by atoms with Crippen molar-refractivity contribution < 1.29 is 14.6 Å². The molecule has 160 valence electrons. The van der Waals surface area contributed by atoms with Gasteiger partial charge in [-0.05, 0) is 44.7 Å². The first-order valence-corrected chi connectivity index (χ1v) is 10.5. The van der Waals surface area contributed by atoms with Crippen LogP contribution in [0.1, 0.15) is 44.3 Å². The number of anilines is 1. The molecule has 9 nitrogen and oxygen atoms in total. The highest BCUT2D eigenvalue weighted by atomic mass is 16.5. The number of carbonyl (C=O) groups is 1. The molecule has 0 radical (unpaired) electrons. The minimum Gasteiger partial charge on any atom is -0.492 e. The molecule has 4 aromatic rings. The summed E-state index contributed by atoms with van der Waals surface area (Å²) in [4.78, 5) is 23.9. The molecule has 1 saturated carbocycles. The number of ether oxygens (including phenoxy) is 1. The van der Waals surface area contributed by atoms with Crippen molar-refractivity contribution in [3.63, 3.8) is 0 Å². The number of imidazole rings is 1. The number of benzene rings is 1. The SMILES string of the molecule is CCOc1cccc2cc(-c3nc([C@H]4CC[C@H](C(=O)O)CC4)n4ncnc(N)c34)[nH]c12. The summed E-state index contributed by atoms with van der Waals surface area (Å²) in [6.07, 6.45) is 4.20. The van der Waals surface area contributed by atoms with Crippen LogP contribution in [-0.4, -0.2) is 42.2 Å². The van der Waals surface area contributed by atoms with Crippen LogP contribution < -0.4 is 10.5 Å². The largest absolute Gasteiger partial charge is 0.492 e. The van der Waals surface area contributed by atoms with Crippen molar-refractivity contribution in [1.29, 1.82) is 0 Å². The maximum Gasteiger partial charge on any atom is 0.306 e. The van der Waals surface area contributed by atoms with Crippen LogP contribution in [0, 0.1) is 5.92 Å². The average molecular weight is 420 g/mol.